The fourth-order valence-electron chi connectivity index (χ4n) is 3.36. The molecule has 2 N–H and O–H groups in total. The largest absolute Gasteiger partial charge is 0.346 e. The van der Waals surface area contributed by atoms with E-state index < -0.39 is 0 Å². The van der Waals surface area contributed by atoms with Gasteiger partial charge in [-0.05, 0) is 55.6 Å². The zero-order valence-electron chi connectivity index (χ0n) is 15.8. The van der Waals surface area contributed by atoms with Crippen molar-refractivity contribution >= 4 is 41.0 Å². The van der Waals surface area contributed by atoms with E-state index in [1.165, 1.54) is 12.8 Å². The molecule has 8 heteroatoms. The van der Waals surface area contributed by atoms with Crippen LogP contribution in [0.4, 0.5) is 23.1 Å². The lowest BCUT2D eigenvalue weighted by atomic mass is 10.0. The van der Waals surface area contributed by atoms with Crippen molar-refractivity contribution in [1.82, 2.24) is 14.7 Å². The van der Waals surface area contributed by atoms with Gasteiger partial charge < -0.3 is 15.1 Å². The van der Waals surface area contributed by atoms with Crippen molar-refractivity contribution in [3.05, 3.63) is 30.5 Å². The molecule has 142 valence electrons. The highest BCUT2D eigenvalue weighted by atomic mass is 32.2. The van der Waals surface area contributed by atoms with Crippen LogP contribution >= 0.6 is 11.9 Å². The summed E-state index contributed by atoms with van der Waals surface area (Å²) in [5, 5.41) is 3.26. The molecule has 1 amide bonds. The Morgan fingerprint density at radius 1 is 1.22 bits per heavy atom. The molecule has 1 atom stereocenters. The number of anilines is 4. The van der Waals surface area contributed by atoms with Crippen LogP contribution in [0.3, 0.4) is 0 Å². The second-order valence-corrected chi connectivity index (χ2v) is 8.14. The second-order valence-electron chi connectivity index (χ2n) is 7.06. The van der Waals surface area contributed by atoms with Crippen molar-refractivity contribution in [1.29, 1.82) is 0 Å². The maximum absolute atomic E-state index is 12.7. The van der Waals surface area contributed by atoms with E-state index >= 15 is 0 Å². The van der Waals surface area contributed by atoms with Crippen molar-refractivity contribution in [2.45, 2.75) is 30.2 Å². The first-order chi connectivity index (χ1) is 13.1. The van der Waals surface area contributed by atoms with Crippen molar-refractivity contribution in [2.24, 2.45) is 5.92 Å². The highest BCUT2D eigenvalue weighted by molar-refractivity contribution is 7.97. The molecule has 0 radical (unpaired) electrons. The van der Waals surface area contributed by atoms with Crippen LogP contribution in [0.15, 0.2) is 35.4 Å². The molecule has 2 aromatic rings. The zero-order chi connectivity index (χ0) is 19.0. The summed E-state index contributed by atoms with van der Waals surface area (Å²) in [5.74, 6) is 2.12. The molecule has 1 saturated carbocycles. The van der Waals surface area contributed by atoms with E-state index in [9.17, 15) is 4.79 Å². The first-order valence-corrected chi connectivity index (χ1v) is 9.96. The summed E-state index contributed by atoms with van der Waals surface area (Å²) in [6, 6.07) is 7.92. The fraction of sp³-hybridized carbons (Fsp3) is 0.421. The van der Waals surface area contributed by atoms with E-state index in [2.05, 4.69) is 15.0 Å². The zero-order valence-corrected chi connectivity index (χ0v) is 16.6. The number of likely N-dealkylation sites (N-methyl/N-ethyl adjacent to an activating group) is 2. The van der Waals surface area contributed by atoms with Gasteiger partial charge in [-0.2, -0.15) is 4.98 Å². The Balaban J connectivity index is 1.56. The van der Waals surface area contributed by atoms with Crippen LogP contribution in [0, 0.1) is 5.92 Å². The Bertz CT molecular complexity index is 839. The Morgan fingerprint density at radius 3 is 2.63 bits per heavy atom. The molecule has 7 nitrogen and oxygen atoms in total. The summed E-state index contributed by atoms with van der Waals surface area (Å²) in [7, 11) is 5.66. The molecular weight excluding hydrogens is 360 g/mol. The van der Waals surface area contributed by atoms with Crippen molar-refractivity contribution < 1.29 is 4.79 Å². The van der Waals surface area contributed by atoms with Crippen molar-refractivity contribution in [2.75, 3.05) is 36.3 Å². The molecule has 4 rings (SSSR count). The molecule has 1 aliphatic carbocycles. The molecule has 2 aliphatic rings. The average Bonchev–Trinajstić information content (AvgIpc) is 3.49. The van der Waals surface area contributed by atoms with Gasteiger partial charge in [0.15, 0.2) is 5.82 Å². The SMILES string of the molecule is CNSc1ccc(Nc2ncc3c(n2)N(C)C(CC2CC2)C(=O)N3C)cc1. The molecule has 2 heterocycles. The monoisotopic (exact) mass is 384 g/mol. The molecule has 0 saturated heterocycles. The minimum absolute atomic E-state index is 0.124. The number of hydrogen-bond donors (Lipinski definition) is 2. The van der Waals surface area contributed by atoms with Gasteiger partial charge in [0.2, 0.25) is 11.9 Å². The number of nitrogens with one attached hydrogen (secondary N) is 2. The van der Waals surface area contributed by atoms with Gasteiger partial charge in [0.05, 0.1) is 6.20 Å². The van der Waals surface area contributed by atoms with Gasteiger partial charge in [-0.3, -0.25) is 9.52 Å². The van der Waals surface area contributed by atoms with Crippen LogP contribution in [0.1, 0.15) is 19.3 Å². The van der Waals surface area contributed by atoms with E-state index in [1.807, 2.05) is 50.3 Å². The summed E-state index contributed by atoms with van der Waals surface area (Å²) in [4.78, 5) is 26.7. The number of rotatable bonds is 6. The van der Waals surface area contributed by atoms with Crippen molar-refractivity contribution in [3.8, 4) is 0 Å². The highest BCUT2D eigenvalue weighted by Gasteiger charge is 2.39. The number of nitrogens with zero attached hydrogens (tertiary/aromatic N) is 4. The first-order valence-electron chi connectivity index (χ1n) is 9.15. The summed E-state index contributed by atoms with van der Waals surface area (Å²) < 4.78 is 3.06. The van der Waals surface area contributed by atoms with E-state index in [0.29, 0.717) is 11.9 Å². The van der Waals surface area contributed by atoms with Crippen LogP contribution in [-0.2, 0) is 4.79 Å². The van der Waals surface area contributed by atoms with Crippen LogP contribution in [-0.4, -0.2) is 43.1 Å². The summed E-state index contributed by atoms with van der Waals surface area (Å²) in [6.07, 6.45) is 5.08. The number of aromatic nitrogens is 2. The molecule has 1 unspecified atom stereocenters. The predicted molar refractivity (Wildman–Crippen MR) is 110 cm³/mol. The first kappa shape index (κ1) is 18.1. The minimum Gasteiger partial charge on any atom is -0.346 e. The van der Waals surface area contributed by atoms with Gasteiger partial charge in [0.25, 0.3) is 0 Å². The van der Waals surface area contributed by atoms with E-state index in [1.54, 1.807) is 23.0 Å². The highest BCUT2D eigenvalue weighted by Crippen LogP contribution is 2.40. The van der Waals surface area contributed by atoms with Crippen LogP contribution < -0.4 is 19.8 Å². The lowest BCUT2D eigenvalue weighted by molar-refractivity contribution is -0.120. The molecular formula is C19H24N6OS. The summed E-state index contributed by atoms with van der Waals surface area (Å²) in [6.45, 7) is 0. The number of carbonyl (C=O) groups is 1. The maximum atomic E-state index is 12.7. The lowest BCUT2D eigenvalue weighted by Crippen LogP contribution is -2.51. The third-order valence-corrected chi connectivity index (χ3v) is 5.82. The maximum Gasteiger partial charge on any atom is 0.249 e. The fourth-order valence-corrected chi connectivity index (χ4v) is 3.87. The predicted octanol–water partition coefficient (Wildman–Crippen LogP) is 3.03. The van der Waals surface area contributed by atoms with Gasteiger partial charge >= 0.3 is 0 Å². The third-order valence-electron chi connectivity index (χ3n) is 5.11. The molecule has 27 heavy (non-hydrogen) atoms. The minimum atomic E-state index is -0.143. The Labute approximate surface area is 163 Å². The van der Waals surface area contributed by atoms with Gasteiger partial charge in [-0.25, -0.2) is 4.98 Å². The number of hydrogen-bond acceptors (Lipinski definition) is 7. The summed E-state index contributed by atoms with van der Waals surface area (Å²) in [5.41, 5.74) is 1.67. The number of carbonyl (C=O) groups excluding carboxylic acids is 1. The van der Waals surface area contributed by atoms with Gasteiger partial charge in [0.1, 0.15) is 11.7 Å². The van der Waals surface area contributed by atoms with Gasteiger partial charge in [-0.1, -0.05) is 12.8 Å². The second kappa shape index (κ2) is 7.36. The number of benzene rings is 1. The van der Waals surface area contributed by atoms with E-state index in [-0.39, 0.29) is 11.9 Å². The molecule has 1 aromatic carbocycles. The smallest absolute Gasteiger partial charge is 0.249 e. The molecule has 1 aliphatic heterocycles. The Morgan fingerprint density at radius 2 is 1.96 bits per heavy atom. The lowest BCUT2D eigenvalue weighted by Gasteiger charge is -2.38. The van der Waals surface area contributed by atoms with Crippen LogP contribution in [0.5, 0.6) is 0 Å². The van der Waals surface area contributed by atoms with Crippen LogP contribution in [0.25, 0.3) is 0 Å². The molecule has 0 bridgehead atoms. The standard InChI is InChI=1S/C19H24N6OS/c1-20-27-14-8-6-13(7-9-14)22-19-21-11-16-17(23-19)24(2)15(10-12-4-5-12)18(26)25(16)3/h6-9,11-12,15,20H,4-5,10H2,1-3H3,(H,21,22,23). The van der Waals surface area contributed by atoms with E-state index in [0.717, 1.165) is 28.5 Å². The molecule has 0 spiro atoms. The average molecular weight is 385 g/mol. The molecule has 1 aromatic heterocycles. The Hall–Kier alpha value is -2.32. The Kier molecular flexibility index (Phi) is 4.92. The van der Waals surface area contributed by atoms with Crippen molar-refractivity contribution in [3.63, 3.8) is 0 Å². The topological polar surface area (TPSA) is 73.4 Å². The third kappa shape index (κ3) is 3.72. The number of amides is 1. The normalized spacial score (nSPS) is 19.2. The molecule has 1 fully saturated rings. The summed E-state index contributed by atoms with van der Waals surface area (Å²) >= 11 is 1.57. The van der Waals surface area contributed by atoms with Gasteiger partial charge in [0, 0.05) is 24.7 Å². The van der Waals surface area contributed by atoms with Gasteiger partial charge in [-0.15, -0.1) is 0 Å². The quantitative estimate of drug-likeness (QED) is 0.742. The number of fused-ring (bicyclic) bond motifs is 1. The van der Waals surface area contributed by atoms with E-state index in [4.69, 9.17) is 4.98 Å². The van der Waals surface area contributed by atoms with Crippen LogP contribution in [0.2, 0.25) is 0 Å².